The van der Waals surface area contributed by atoms with Crippen molar-refractivity contribution in [3.63, 3.8) is 0 Å². The van der Waals surface area contributed by atoms with Crippen molar-refractivity contribution in [3.8, 4) is 0 Å². The van der Waals surface area contributed by atoms with Gasteiger partial charge in [0.1, 0.15) is 5.01 Å². The van der Waals surface area contributed by atoms with Crippen LogP contribution in [0.2, 0.25) is 0 Å². The highest BCUT2D eigenvalue weighted by atomic mass is 32.2. The van der Waals surface area contributed by atoms with E-state index in [1.807, 2.05) is 35.1 Å². The Morgan fingerprint density at radius 3 is 2.82 bits per heavy atom. The molecule has 0 aliphatic carbocycles. The van der Waals surface area contributed by atoms with Crippen LogP contribution in [0.1, 0.15) is 29.3 Å². The van der Waals surface area contributed by atoms with Crippen LogP contribution in [0.25, 0.3) is 0 Å². The zero-order valence-electron chi connectivity index (χ0n) is 15.5. The first kappa shape index (κ1) is 19.0. The fourth-order valence-electron chi connectivity index (χ4n) is 3.29. The van der Waals surface area contributed by atoms with Gasteiger partial charge in [-0.2, -0.15) is 5.10 Å². The minimum atomic E-state index is -3.17. The maximum absolute atomic E-state index is 11.8. The average molecular weight is 419 g/mol. The van der Waals surface area contributed by atoms with Crippen molar-refractivity contribution in [1.82, 2.24) is 24.3 Å². The molecule has 1 saturated heterocycles. The molecule has 0 saturated carbocycles. The molecule has 4 rings (SSSR count). The van der Waals surface area contributed by atoms with E-state index >= 15 is 0 Å². The van der Waals surface area contributed by atoms with Crippen LogP contribution in [0.5, 0.6) is 0 Å². The highest BCUT2D eigenvalue weighted by Crippen LogP contribution is 2.32. The van der Waals surface area contributed by atoms with Gasteiger partial charge in [0, 0.05) is 31.3 Å². The molecule has 1 fully saturated rings. The summed E-state index contributed by atoms with van der Waals surface area (Å²) in [5.74, 6) is 0.798. The fourth-order valence-corrected chi connectivity index (χ4v) is 5.08. The van der Waals surface area contributed by atoms with E-state index < -0.39 is 10.0 Å². The number of hydrogen-bond donors (Lipinski definition) is 1. The molecular formula is C18H22N6O2S2. The second kappa shape index (κ2) is 7.98. The summed E-state index contributed by atoms with van der Waals surface area (Å²) in [6, 6.07) is 12.0. The van der Waals surface area contributed by atoms with Gasteiger partial charge in [-0.3, -0.25) is 4.68 Å². The normalized spacial score (nSPS) is 18.2. The molecule has 8 nitrogen and oxygen atoms in total. The Morgan fingerprint density at radius 1 is 1.21 bits per heavy atom. The Balaban J connectivity index is 1.40. The summed E-state index contributed by atoms with van der Waals surface area (Å²) in [5, 5.41) is 17.7. The Kier molecular flexibility index (Phi) is 5.42. The summed E-state index contributed by atoms with van der Waals surface area (Å²) in [4.78, 5) is 0. The topological polar surface area (TPSA) is 93.0 Å². The molecule has 10 heteroatoms. The summed E-state index contributed by atoms with van der Waals surface area (Å²) in [6.45, 7) is 1.75. The first-order valence-electron chi connectivity index (χ1n) is 9.10. The summed E-state index contributed by atoms with van der Waals surface area (Å²) < 4.78 is 27.0. The highest BCUT2D eigenvalue weighted by molar-refractivity contribution is 7.88. The highest BCUT2D eigenvalue weighted by Gasteiger charge is 2.29. The average Bonchev–Trinajstić information content (AvgIpc) is 3.32. The molecule has 2 aromatic heterocycles. The number of aromatic nitrogens is 4. The van der Waals surface area contributed by atoms with Crippen LogP contribution in [0.15, 0.2) is 42.6 Å². The Bertz CT molecular complexity index is 1030. The van der Waals surface area contributed by atoms with E-state index in [4.69, 9.17) is 0 Å². The van der Waals surface area contributed by atoms with Gasteiger partial charge in [0.25, 0.3) is 0 Å². The lowest BCUT2D eigenvalue weighted by molar-refractivity contribution is 0.316. The van der Waals surface area contributed by atoms with Gasteiger partial charge in [-0.15, -0.1) is 10.2 Å². The van der Waals surface area contributed by atoms with Gasteiger partial charge in [0.15, 0.2) is 5.82 Å². The summed E-state index contributed by atoms with van der Waals surface area (Å²) in [7, 11) is -3.17. The first-order chi connectivity index (χ1) is 13.5. The van der Waals surface area contributed by atoms with Crippen molar-refractivity contribution in [2.45, 2.75) is 25.3 Å². The van der Waals surface area contributed by atoms with Gasteiger partial charge < -0.3 is 5.32 Å². The lowest BCUT2D eigenvalue weighted by Crippen LogP contribution is -2.38. The van der Waals surface area contributed by atoms with Crippen LogP contribution in [-0.2, 0) is 16.6 Å². The SMILES string of the molecule is CS(=O)(=O)N1CCC[C@@H](c2nnc(Nc3ccn(Cc4ccccc4)n3)s2)C1. The van der Waals surface area contributed by atoms with Crippen molar-refractivity contribution in [1.29, 1.82) is 0 Å². The van der Waals surface area contributed by atoms with Gasteiger partial charge in [0.05, 0.1) is 12.8 Å². The monoisotopic (exact) mass is 418 g/mol. The number of nitrogens with one attached hydrogen (secondary N) is 1. The van der Waals surface area contributed by atoms with Crippen LogP contribution < -0.4 is 5.32 Å². The molecule has 0 unspecified atom stereocenters. The first-order valence-corrected chi connectivity index (χ1v) is 11.8. The van der Waals surface area contributed by atoms with Gasteiger partial charge in [-0.1, -0.05) is 41.7 Å². The summed E-state index contributed by atoms with van der Waals surface area (Å²) in [5.41, 5.74) is 1.18. The van der Waals surface area contributed by atoms with Crippen molar-refractivity contribution in [3.05, 3.63) is 53.2 Å². The maximum atomic E-state index is 11.8. The van der Waals surface area contributed by atoms with Gasteiger partial charge in [-0.05, 0) is 18.4 Å². The summed E-state index contributed by atoms with van der Waals surface area (Å²) in [6.07, 6.45) is 4.94. The molecule has 1 atom stereocenters. The van der Waals surface area contributed by atoms with Crippen molar-refractivity contribution < 1.29 is 8.42 Å². The van der Waals surface area contributed by atoms with E-state index in [1.54, 1.807) is 0 Å². The smallest absolute Gasteiger partial charge is 0.211 e. The Labute approximate surface area is 168 Å². The number of rotatable bonds is 6. The van der Waals surface area contributed by atoms with E-state index in [0.29, 0.717) is 30.6 Å². The Hall–Kier alpha value is -2.30. The third-order valence-electron chi connectivity index (χ3n) is 4.71. The van der Waals surface area contributed by atoms with Crippen molar-refractivity contribution in [2.24, 2.45) is 0 Å². The maximum Gasteiger partial charge on any atom is 0.211 e. The molecular weight excluding hydrogens is 396 g/mol. The molecule has 0 spiro atoms. The van der Waals surface area contributed by atoms with E-state index in [1.165, 1.54) is 27.5 Å². The summed E-state index contributed by atoms with van der Waals surface area (Å²) >= 11 is 1.46. The van der Waals surface area contributed by atoms with E-state index in [0.717, 1.165) is 17.8 Å². The molecule has 0 amide bonds. The predicted molar refractivity (Wildman–Crippen MR) is 109 cm³/mol. The molecule has 1 aliphatic rings. The van der Waals surface area contributed by atoms with Crippen LogP contribution in [0.3, 0.4) is 0 Å². The van der Waals surface area contributed by atoms with Gasteiger partial charge in [-0.25, -0.2) is 12.7 Å². The lowest BCUT2D eigenvalue weighted by atomic mass is 10.0. The largest absolute Gasteiger partial charge is 0.313 e. The fraction of sp³-hybridized carbons (Fsp3) is 0.389. The van der Waals surface area contributed by atoms with Gasteiger partial charge >= 0.3 is 0 Å². The molecule has 148 valence electrons. The molecule has 1 aliphatic heterocycles. The van der Waals surface area contributed by atoms with Crippen LogP contribution in [0, 0.1) is 0 Å². The van der Waals surface area contributed by atoms with Gasteiger partial charge in [0.2, 0.25) is 15.2 Å². The molecule has 1 N–H and O–H groups in total. The molecule has 0 bridgehead atoms. The van der Waals surface area contributed by atoms with Crippen LogP contribution >= 0.6 is 11.3 Å². The van der Waals surface area contributed by atoms with E-state index in [2.05, 4.69) is 32.7 Å². The molecule has 1 aromatic carbocycles. The molecule has 0 radical (unpaired) electrons. The van der Waals surface area contributed by atoms with E-state index in [9.17, 15) is 8.42 Å². The molecule has 3 heterocycles. The number of anilines is 2. The zero-order valence-corrected chi connectivity index (χ0v) is 17.2. The lowest BCUT2D eigenvalue weighted by Gasteiger charge is -2.29. The second-order valence-corrected chi connectivity index (χ2v) is 9.91. The van der Waals surface area contributed by atoms with Crippen LogP contribution in [-0.4, -0.2) is 52.0 Å². The molecule has 28 heavy (non-hydrogen) atoms. The minimum absolute atomic E-state index is 0.0900. The van der Waals surface area contributed by atoms with E-state index in [-0.39, 0.29) is 5.92 Å². The predicted octanol–water partition coefficient (Wildman–Crippen LogP) is 2.67. The Morgan fingerprint density at radius 2 is 2.04 bits per heavy atom. The third kappa shape index (κ3) is 4.57. The molecule has 3 aromatic rings. The zero-order chi connectivity index (χ0) is 19.6. The van der Waals surface area contributed by atoms with Crippen molar-refractivity contribution in [2.75, 3.05) is 24.7 Å². The number of sulfonamides is 1. The number of nitrogens with zero attached hydrogens (tertiary/aromatic N) is 5. The third-order valence-corrected chi connectivity index (χ3v) is 6.98. The number of hydrogen-bond acceptors (Lipinski definition) is 7. The quantitative estimate of drug-likeness (QED) is 0.662. The standard InChI is InChI=1S/C18H22N6O2S2/c1-28(25,26)24-10-5-8-15(13-24)17-20-21-18(27-17)19-16-9-11-23(22-16)12-14-6-3-2-4-7-14/h2-4,6-7,9,11,15H,5,8,10,12-13H2,1H3,(H,19,21,22)/t15-/m1/s1. The van der Waals surface area contributed by atoms with Crippen molar-refractivity contribution >= 4 is 32.3 Å². The number of piperidine rings is 1. The van der Waals surface area contributed by atoms with Crippen LogP contribution in [0.4, 0.5) is 10.9 Å². The number of benzene rings is 1. The minimum Gasteiger partial charge on any atom is -0.313 e. The second-order valence-electron chi connectivity index (χ2n) is 6.91.